The van der Waals surface area contributed by atoms with Crippen LogP contribution in [0.5, 0.6) is 11.5 Å². The molecule has 0 radical (unpaired) electrons. The largest absolute Gasteiger partial charge is 0.504 e. The summed E-state index contributed by atoms with van der Waals surface area (Å²) in [6.45, 7) is 3.74. The molecule has 4 atom stereocenters. The van der Waals surface area contributed by atoms with Crippen LogP contribution < -0.4 is 4.74 Å². The zero-order chi connectivity index (χ0) is 27.3. The third-order valence-electron chi connectivity index (χ3n) is 8.05. The first-order valence-corrected chi connectivity index (χ1v) is 12.9. The highest BCUT2D eigenvalue weighted by Gasteiger charge is 2.56. The van der Waals surface area contributed by atoms with Crippen LogP contribution in [0.25, 0.3) is 0 Å². The molecule has 1 aromatic carbocycles. The number of imide groups is 1. The van der Waals surface area contributed by atoms with Crippen molar-refractivity contribution >= 4 is 29.4 Å². The van der Waals surface area contributed by atoms with Crippen molar-refractivity contribution in [1.82, 2.24) is 4.90 Å². The predicted molar refractivity (Wildman–Crippen MR) is 134 cm³/mol. The van der Waals surface area contributed by atoms with E-state index in [1.807, 2.05) is 6.08 Å². The summed E-state index contributed by atoms with van der Waals surface area (Å²) in [6, 6.07) is 4.84. The van der Waals surface area contributed by atoms with Gasteiger partial charge in [-0.2, -0.15) is 0 Å². The lowest BCUT2D eigenvalue weighted by atomic mass is 9.59. The number of aromatic hydroxyl groups is 1. The van der Waals surface area contributed by atoms with Gasteiger partial charge in [0.25, 0.3) is 0 Å². The van der Waals surface area contributed by atoms with E-state index in [1.165, 1.54) is 17.0 Å². The molecular formula is C29H29NO8. The first kappa shape index (κ1) is 25.6. The molecule has 1 saturated heterocycles. The Balaban J connectivity index is 1.59. The average molecular weight is 520 g/mol. The van der Waals surface area contributed by atoms with E-state index in [2.05, 4.69) is 0 Å². The predicted octanol–water partition coefficient (Wildman–Crippen LogP) is 3.09. The van der Waals surface area contributed by atoms with Crippen molar-refractivity contribution in [2.45, 2.75) is 45.4 Å². The van der Waals surface area contributed by atoms with Crippen LogP contribution in [0.4, 0.5) is 0 Å². The number of hydrogen-bond acceptors (Lipinski definition) is 7. The number of carboxylic acids is 1. The van der Waals surface area contributed by atoms with Gasteiger partial charge in [-0.15, -0.1) is 0 Å². The van der Waals surface area contributed by atoms with Gasteiger partial charge in [-0.3, -0.25) is 28.9 Å². The topological polar surface area (TPSA) is 138 Å². The number of ether oxygens (including phenoxy) is 1. The summed E-state index contributed by atoms with van der Waals surface area (Å²) in [4.78, 5) is 65.5. The minimum atomic E-state index is -0.996. The Morgan fingerprint density at radius 2 is 1.89 bits per heavy atom. The number of phenolic OH excluding ortho intramolecular Hbond substituents is 1. The smallest absolute Gasteiger partial charge is 0.303 e. The number of fused-ring (bicyclic) bond motifs is 3. The Morgan fingerprint density at radius 1 is 1.13 bits per heavy atom. The Hall–Kier alpha value is -4.01. The quantitative estimate of drug-likeness (QED) is 0.318. The van der Waals surface area contributed by atoms with Crippen molar-refractivity contribution in [2.24, 2.45) is 17.8 Å². The maximum Gasteiger partial charge on any atom is 0.303 e. The molecule has 5 rings (SSSR count). The molecule has 0 aromatic heterocycles. The van der Waals surface area contributed by atoms with Gasteiger partial charge in [0.2, 0.25) is 11.8 Å². The Morgan fingerprint density at radius 3 is 2.61 bits per heavy atom. The lowest BCUT2D eigenvalue weighted by molar-refractivity contribution is -0.142. The zero-order valence-electron chi connectivity index (χ0n) is 21.2. The zero-order valence-corrected chi connectivity index (χ0v) is 21.2. The number of Topliss-reactive ketones (excluding diaryl/α,β-unsaturated/α-hetero) is 1. The van der Waals surface area contributed by atoms with Gasteiger partial charge in [-0.05, 0) is 62.8 Å². The van der Waals surface area contributed by atoms with Crippen molar-refractivity contribution < 1.29 is 38.9 Å². The number of carbonyl (C=O) groups is 5. The van der Waals surface area contributed by atoms with Gasteiger partial charge < -0.3 is 14.9 Å². The molecule has 1 heterocycles. The fourth-order valence-electron chi connectivity index (χ4n) is 6.40. The van der Waals surface area contributed by atoms with E-state index < -0.39 is 29.6 Å². The standard InChI is InChI=1S/C29H29NO8/c1-3-38-22-12-15(6-9-20(22)31)24-16-7-8-17-25(29(37)30(28(17)36)10-4-5-23(33)34)18(16)13-19-21(32)11-14(2)27(35)26(19)24/h6-7,9,11-12,17-18,24-25,31H,3-5,8,10,13H2,1-2H3,(H,33,34). The Kier molecular flexibility index (Phi) is 6.54. The maximum absolute atomic E-state index is 13.6. The molecule has 0 bridgehead atoms. The van der Waals surface area contributed by atoms with Crippen molar-refractivity contribution in [1.29, 1.82) is 0 Å². The second kappa shape index (κ2) is 9.70. The number of hydrogen-bond donors (Lipinski definition) is 2. The fourth-order valence-corrected chi connectivity index (χ4v) is 6.40. The van der Waals surface area contributed by atoms with E-state index >= 15 is 0 Å². The van der Waals surface area contributed by atoms with Crippen molar-refractivity contribution in [3.05, 3.63) is 58.2 Å². The molecule has 4 aliphatic rings. The highest BCUT2D eigenvalue weighted by Crippen LogP contribution is 2.55. The number of rotatable bonds is 7. The van der Waals surface area contributed by atoms with Crippen molar-refractivity contribution in [2.75, 3.05) is 13.2 Å². The summed E-state index contributed by atoms with van der Waals surface area (Å²) in [7, 11) is 0. The average Bonchev–Trinajstić information content (AvgIpc) is 3.12. The lowest BCUT2D eigenvalue weighted by Crippen LogP contribution is -2.40. The third-order valence-corrected chi connectivity index (χ3v) is 8.05. The first-order chi connectivity index (χ1) is 18.1. The summed E-state index contributed by atoms with van der Waals surface area (Å²) >= 11 is 0. The maximum atomic E-state index is 13.6. The summed E-state index contributed by atoms with van der Waals surface area (Å²) in [5, 5.41) is 19.3. The van der Waals surface area contributed by atoms with E-state index in [0.717, 1.165) is 5.57 Å². The number of likely N-dealkylation sites (tertiary alicyclic amines) is 1. The molecule has 38 heavy (non-hydrogen) atoms. The van der Waals surface area contributed by atoms with E-state index in [9.17, 15) is 29.1 Å². The normalized spacial score (nSPS) is 26.5. The molecular weight excluding hydrogens is 490 g/mol. The van der Waals surface area contributed by atoms with Crippen LogP contribution in [0.3, 0.4) is 0 Å². The van der Waals surface area contributed by atoms with Gasteiger partial charge in [0.05, 0.1) is 18.4 Å². The molecule has 198 valence electrons. The number of carbonyl (C=O) groups excluding carboxylic acids is 4. The molecule has 2 amide bonds. The number of allylic oxidation sites excluding steroid dienone is 6. The second-order valence-electron chi connectivity index (χ2n) is 10.2. The molecule has 0 spiro atoms. The summed E-state index contributed by atoms with van der Waals surface area (Å²) in [5.41, 5.74) is 2.52. The van der Waals surface area contributed by atoms with Crippen LogP contribution in [0.15, 0.2) is 52.6 Å². The Bertz CT molecular complexity index is 1370. The number of nitrogens with zero attached hydrogens (tertiary/aromatic N) is 1. The molecule has 9 nitrogen and oxygen atoms in total. The minimum absolute atomic E-state index is 0.0332. The molecule has 4 unspecified atom stereocenters. The molecule has 1 aliphatic heterocycles. The summed E-state index contributed by atoms with van der Waals surface area (Å²) in [6.07, 6.45) is 3.75. The van der Waals surface area contributed by atoms with Crippen LogP contribution >= 0.6 is 0 Å². The monoisotopic (exact) mass is 519 g/mol. The van der Waals surface area contributed by atoms with Gasteiger partial charge >= 0.3 is 5.97 Å². The first-order valence-electron chi connectivity index (χ1n) is 12.9. The van der Waals surface area contributed by atoms with Gasteiger partial charge in [0.15, 0.2) is 23.1 Å². The number of benzene rings is 1. The number of phenols is 1. The van der Waals surface area contributed by atoms with Gasteiger partial charge in [0, 0.05) is 35.6 Å². The van der Waals surface area contributed by atoms with Gasteiger partial charge in [-0.1, -0.05) is 17.7 Å². The van der Waals surface area contributed by atoms with Crippen molar-refractivity contribution in [3.8, 4) is 11.5 Å². The molecule has 2 N–H and O–H groups in total. The number of ketones is 2. The van der Waals surface area contributed by atoms with Crippen LogP contribution in [-0.2, 0) is 24.0 Å². The SMILES string of the molecule is CCOc1cc(C2C3=CCC4C(=O)N(CCCC(=O)O)C(=O)C4C3CC3=C2C(=O)C(C)=CC3=O)ccc1O. The highest BCUT2D eigenvalue weighted by molar-refractivity contribution is 6.23. The van der Waals surface area contributed by atoms with E-state index in [-0.39, 0.29) is 60.7 Å². The van der Waals surface area contributed by atoms with E-state index in [4.69, 9.17) is 9.84 Å². The van der Waals surface area contributed by atoms with E-state index in [1.54, 1.807) is 26.0 Å². The van der Waals surface area contributed by atoms with Crippen LogP contribution in [0.1, 0.15) is 51.0 Å². The summed E-state index contributed by atoms with van der Waals surface area (Å²) in [5.74, 6) is -4.36. The fraction of sp³-hybridized carbons (Fsp3) is 0.414. The third kappa shape index (κ3) is 4.06. The number of amides is 2. The van der Waals surface area contributed by atoms with E-state index in [0.29, 0.717) is 35.3 Å². The summed E-state index contributed by atoms with van der Waals surface area (Å²) < 4.78 is 5.58. The molecule has 1 aromatic rings. The van der Waals surface area contributed by atoms with Crippen molar-refractivity contribution in [3.63, 3.8) is 0 Å². The van der Waals surface area contributed by atoms with Gasteiger partial charge in [0.1, 0.15) is 0 Å². The Labute approximate surface area is 219 Å². The van der Waals surface area contributed by atoms with Crippen LogP contribution in [0.2, 0.25) is 0 Å². The van der Waals surface area contributed by atoms with Gasteiger partial charge in [-0.25, -0.2) is 0 Å². The molecule has 1 fully saturated rings. The minimum Gasteiger partial charge on any atom is -0.504 e. The highest BCUT2D eigenvalue weighted by atomic mass is 16.5. The van der Waals surface area contributed by atoms with Crippen LogP contribution in [0, 0.1) is 17.8 Å². The van der Waals surface area contributed by atoms with Crippen LogP contribution in [-0.4, -0.2) is 57.6 Å². The number of aliphatic carboxylic acids is 1. The molecule has 0 saturated carbocycles. The molecule has 9 heteroatoms. The lowest BCUT2D eigenvalue weighted by Gasteiger charge is -2.42. The molecule has 3 aliphatic carbocycles. The number of carboxylic acid groups (broad SMARTS) is 1. The second-order valence-corrected chi connectivity index (χ2v) is 10.2.